The van der Waals surface area contributed by atoms with Crippen molar-refractivity contribution in [3.63, 3.8) is 0 Å². The van der Waals surface area contributed by atoms with Crippen LogP contribution in [0.1, 0.15) is 226 Å². The molecule has 0 rings (SSSR count). The van der Waals surface area contributed by atoms with Crippen LogP contribution in [0.15, 0.2) is 97.2 Å². The van der Waals surface area contributed by atoms with E-state index >= 15 is 0 Å². The minimum absolute atomic E-state index is 0.107. The topological polar surface area (TPSA) is 78.9 Å². The molecule has 0 aromatic rings. The van der Waals surface area contributed by atoms with Crippen molar-refractivity contribution in [1.82, 2.24) is 0 Å². The lowest BCUT2D eigenvalue weighted by atomic mass is 10.1. The van der Waals surface area contributed by atoms with Crippen LogP contribution in [0.3, 0.4) is 0 Å². The quantitative estimate of drug-likeness (QED) is 0.0262. The van der Waals surface area contributed by atoms with E-state index in [1.54, 1.807) is 0 Å². The summed E-state index contributed by atoms with van der Waals surface area (Å²) < 4.78 is 16.7. The number of carbonyl (C=O) groups excluding carboxylic acids is 3. The average molecular weight is 875 g/mol. The van der Waals surface area contributed by atoms with Gasteiger partial charge in [0.25, 0.3) is 0 Å². The lowest BCUT2D eigenvalue weighted by molar-refractivity contribution is -0.167. The number of esters is 3. The average Bonchev–Trinajstić information content (AvgIpc) is 3.28. The van der Waals surface area contributed by atoms with E-state index in [4.69, 9.17) is 14.2 Å². The first-order valence-corrected chi connectivity index (χ1v) is 25.7. The number of unbranched alkanes of at least 4 members (excludes halogenated alkanes) is 18. The molecule has 0 aliphatic heterocycles. The largest absolute Gasteiger partial charge is 0.462 e. The zero-order valence-electron chi connectivity index (χ0n) is 40.8. The van der Waals surface area contributed by atoms with Crippen LogP contribution in [0.25, 0.3) is 0 Å². The van der Waals surface area contributed by atoms with Crippen LogP contribution >= 0.6 is 0 Å². The molecular weight excluding hydrogens is 781 g/mol. The summed E-state index contributed by atoms with van der Waals surface area (Å²) in [6.45, 7) is 6.40. The maximum atomic E-state index is 12.8. The highest BCUT2D eigenvalue weighted by atomic mass is 16.6. The highest BCUT2D eigenvalue weighted by molar-refractivity contribution is 5.71. The van der Waals surface area contributed by atoms with Crippen LogP contribution in [0, 0.1) is 0 Å². The van der Waals surface area contributed by atoms with Gasteiger partial charge in [0, 0.05) is 19.3 Å². The van der Waals surface area contributed by atoms with Crippen molar-refractivity contribution < 1.29 is 28.6 Å². The fourth-order valence-electron chi connectivity index (χ4n) is 6.68. The molecule has 358 valence electrons. The summed E-state index contributed by atoms with van der Waals surface area (Å²) in [5.41, 5.74) is 0. The molecular formula is C57H94O6. The highest BCUT2D eigenvalue weighted by Crippen LogP contribution is 2.13. The Morgan fingerprint density at radius 3 is 1.08 bits per heavy atom. The summed E-state index contributed by atoms with van der Waals surface area (Å²) in [7, 11) is 0. The molecule has 0 saturated heterocycles. The van der Waals surface area contributed by atoms with Gasteiger partial charge in [-0.3, -0.25) is 14.4 Å². The molecule has 0 radical (unpaired) electrons. The van der Waals surface area contributed by atoms with E-state index in [1.807, 2.05) is 0 Å². The van der Waals surface area contributed by atoms with Crippen molar-refractivity contribution in [2.45, 2.75) is 232 Å². The van der Waals surface area contributed by atoms with Gasteiger partial charge in [0.1, 0.15) is 13.2 Å². The summed E-state index contributed by atoms with van der Waals surface area (Å²) in [5.74, 6) is -0.995. The zero-order chi connectivity index (χ0) is 45.8. The number of carbonyl (C=O) groups is 3. The fraction of sp³-hybridized carbons (Fsp3) is 0.667. The van der Waals surface area contributed by atoms with Crippen molar-refractivity contribution in [2.75, 3.05) is 13.2 Å². The number of rotatable bonds is 45. The SMILES string of the molecule is CC/C=C\C/C=C\C/C=C\CCCCCCCC(=O)O[C@@H](COC(=O)CCC/C=C\C/C=C\C/C=C\C/C=C\CCCCC)COC(=O)CCCCCCC/C=C\CCCCCC. The smallest absolute Gasteiger partial charge is 0.306 e. The van der Waals surface area contributed by atoms with Crippen LogP contribution in [0.4, 0.5) is 0 Å². The van der Waals surface area contributed by atoms with Gasteiger partial charge in [0.2, 0.25) is 0 Å². The Morgan fingerprint density at radius 1 is 0.333 bits per heavy atom. The van der Waals surface area contributed by atoms with Gasteiger partial charge in [-0.2, -0.15) is 0 Å². The Labute approximate surface area is 387 Å². The Balaban J connectivity index is 4.52. The monoisotopic (exact) mass is 875 g/mol. The van der Waals surface area contributed by atoms with Crippen molar-refractivity contribution in [3.8, 4) is 0 Å². The Hall–Kier alpha value is -3.67. The second kappa shape index (κ2) is 51.0. The summed E-state index contributed by atoms with van der Waals surface area (Å²) in [4.78, 5) is 37.9. The molecule has 0 fully saturated rings. The zero-order valence-corrected chi connectivity index (χ0v) is 40.8. The first kappa shape index (κ1) is 59.3. The molecule has 6 nitrogen and oxygen atoms in total. The van der Waals surface area contributed by atoms with Crippen molar-refractivity contribution in [2.24, 2.45) is 0 Å². The van der Waals surface area contributed by atoms with Crippen molar-refractivity contribution >= 4 is 17.9 Å². The van der Waals surface area contributed by atoms with E-state index in [2.05, 4.69) is 118 Å². The van der Waals surface area contributed by atoms with E-state index < -0.39 is 6.10 Å². The van der Waals surface area contributed by atoms with Gasteiger partial charge < -0.3 is 14.2 Å². The summed E-state index contributed by atoms with van der Waals surface area (Å²) >= 11 is 0. The van der Waals surface area contributed by atoms with Crippen LogP contribution in [-0.4, -0.2) is 37.2 Å². The molecule has 0 spiro atoms. The molecule has 0 saturated carbocycles. The molecule has 0 bridgehead atoms. The number of hydrogen-bond acceptors (Lipinski definition) is 6. The summed E-state index contributed by atoms with van der Waals surface area (Å²) in [6, 6.07) is 0. The van der Waals surface area contributed by atoms with Gasteiger partial charge in [0.05, 0.1) is 0 Å². The maximum Gasteiger partial charge on any atom is 0.306 e. The lowest BCUT2D eigenvalue weighted by Crippen LogP contribution is -2.30. The third kappa shape index (κ3) is 49.2. The van der Waals surface area contributed by atoms with Gasteiger partial charge in [-0.25, -0.2) is 0 Å². The number of allylic oxidation sites excluding steroid dienone is 16. The molecule has 0 aliphatic rings. The Morgan fingerprint density at radius 2 is 0.635 bits per heavy atom. The maximum absolute atomic E-state index is 12.8. The molecule has 1 atom stereocenters. The second-order valence-corrected chi connectivity index (χ2v) is 16.7. The third-order valence-corrected chi connectivity index (χ3v) is 10.5. The molecule has 63 heavy (non-hydrogen) atoms. The predicted molar refractivity (Wildman–Crippen MR) is 270 cm³/mol. The van der Waals surface area contributed by atoms with E-state index in [0.717, 1.165) is 116 Å². The minimum atomic E-state index is -0.812. The third-order valence-electron chi connectivity index (χ3n) is 10.5. The van der Waals surface area contributed by atoms with Crippen LogP contribution in [0.2, 0.25) is 0 Å². The molecule has 0 aliphatic carbocycles. The molecule has 0 unspecified atom stereocenters. The standard InChI is InChI=1S/C57H94O6/c1-4-7-10-13-16-19-22-25-27-28-30-32-35-38-41-44-47-50-56(59)62-53-54(52-61-55(58)49-46-43-40-37-34-31-24-21-18-15-12-9-6-3)63-57(60)51-48-45-42-39-36-33-29-26-23-20-17-14-11-8-5-2/h8,11,16-17,19-21,24-27,29-30,32,38,41,54H,4-7,9-10,12-15,18,22-23,28,31,33-37,39-40,42-53H2,1-3H3/b11-8-,19-16-,20-17-,24-21-,27-25-,29-26-,32-30-,41-38-/t54-/m1/s1. The van der Waals surface area contributed by atoms with Crippen LogP contribution in [-0.2, 0) is 28.6 Å². The normalized spacial score (nSPS) is 12.9. The second-order valence-electron chi connectivity index (χ2n) is 16.7. The van der Waals surface area contributed by atoms with Crippen LogP contribution in [0.5, 0.6) is 0 Å². The highest BCUT2D eigenvalue weighted by Gasteiger charge is 2.19. The van der Waals surface area contributed by atoms with Gasteiger partial charge in [0.15, 0.2) is 6.10 Å². The molecule has 6 heteroatoms. The molecule has 0 heterocycles. The molecule has 0 N–H and O–H groups in total. The molecule has 0 amide bonds. The van der Waals surface area contributed by atoms with Crippen LogP contribution < -0.4 is 0 Å². The molecule has 0 aromatic heterocycles. The summed E-state index contributed by atoms with van der Waals surface area (Å²) in [5, 5.41) is 0. The number of ether oxygens (including phenoxy) is 3. The summed E-state index contributed by atoms with van der Waals surface area (Å²) in [6.07, 6.45) is 66.8. The van der Waals surface area contributed by atoms with Crippen molar-refractivity contribution in [1.29, 1.82) is 0 Å². The van der Waals surface area contributed by atoms with Gasteiger partial charge in [-0.1, -0.05) is 189 Å². The van der Waals surface area contributed by atoms with E-state index in [-0.39, 0.29) is 37.5 Å². The first-order valence-electron chi connectivity index (χ1n) is 25.7. The van der Waals surface area contributed by atoms with Crippen molar-refractivity contribution in [3.05, 3.63) is 97.2 Å². The van der Waals surface area contributed by atoms with Gasteiger partial charge in [-0.15, -0.1) is 0 Å². The Kier molecular flexibility index (Phi) is 48.0. The van der Waals surface area contributed by atoms with E-state index in [1.165, 1.54) is 64.2 Å². The Bertz CT molecular complexity index is 1280. The first-order chi connectivity index (χ1) is 31.0. The van der Waals surface area contributed by atoms with Gasteiger partial charge in [-0.05, 0) is 116 Å². The predicted octanol–water partition coefficient (Wildman–Crippen LogP) is 17.0. The lowest BCUT2D eigenvalue weighted by Gasteiger charge is -2.18. The number of hydrogen-bond donors (Lipinski definition) is 0. The van der Waals surface area contributed by atoms with Gasteiger partial charge >= 0.3 is 17.9 Å². The minimum Gasteiger partial charge on any atom is -0.462 e. The molecule has 0 aromatic carbocycles. The fourth-order valence-corrected chi connectivity index (χ4v) is 6.68. The van der Waals surface area contributed by atoms with E-state index in [0.29, 0.717) is 19.3 Å². The van der Waals surface area contributed by atoms with E-state index in [9.17, 15) is 14.4 Å².